The van der Waals surface area contributed by atoms with Gasteiger partial charge in [-0.3, -0.25) is 10.1 Å². The van der Waals surface area contributed by atoms with E-state index < -0.39 is 5.41 Å². The summed E-state index contributed by atoms with van der Waals surface area (Å²) in [7, 11) is 0. The van der Waals surface area contributed by atoms with Gasteiger partial charge in [-0.25, -0.2) is 0 Å². The number of hydrogen-bond donors (Lipinski definition) is 1. The highest BCUT2D eigenvalue weighted by molar-refractivity contribution is 5.43. The molecule has 0 amide bonds. The molecule has 102 valence electrons. The Bertz CT molecular complexity index is 518. The number of nitrogens with zero attached hydrogens (tertiary/aromatic N) is 2. The van der Waals surface area contributed by atoms with E-state index in [0.717, 1.165) is 5.56 Å². The van der Waals surface area contributed by atoms with E-state index in [1.54, 1.807) is 19.1 Å². The van der Waals surface area contributed by atoms with Crippen molar-refractivity contribution in [2.75, 3.05) is 6.54 Å². The molecule has 0 aliphatic heterocycles. The lowest BCUT2D eigenvalue weighted by atomic mass is 9.95. The van der Waals surface area contributed by atoms with Gasteiger partial charge in [0.2, 0.25) is 0 Å². The lowest BCUT2D eigenvalue weighted by Gasteiger charge is -2.20. The number of aryl methyl sites for hydroxylation is 1. The summed E-state index contributed by atoms with van der Waals surface area (Å²) >= 11 is 0. The zero-order valence-corrected chi connectivity index (χ0v) is 11.7. The number of nitriles is 1. The Morgan fingerprint density at radius 2 is 2.16 bits per heavy atom. The van der Waals surface area contributed by atoms with Gasteiger partial charge in [-0.05, 0) is 33.3 Å². The van der Waals surface area contributed by atoms with Gasteiger partial charge < -0.3 is 5.32 Å². The van der Waals surface area contributed by atoms with Crippen molar-refractivity contribution in [1.29, 1.82) is 5.26 Å². The molecule has 1 rings (SSSR count). The van der Waals surface area contributed by atoms with E-state index in [0.29, 0.717) is 12.1 Å². The average Bonchev–Trinajstić information content (AvgIpc) is 2.36. The predicted octanol–water partition coefficient (Wildman–Crippen LogP) is 3.10. The Morgan fingerprint density at radius 1 is 1.53 bits per heavy atom. The quantitative estimate of drug-likeness (QED) is 0.652. The molecule has 1 unspecified atom stereocenters. The SMILES string of the molecule is Cc1ccc(C(C)NCC(C)(C)C#N)cc1[N+](=O)[O-]. The van der Waals surface area contributed by atoms with E-state index in [9.17, 15) is 10.1 Å². The molecule has 0 bridgehead atoms. The predicted molar refractivity (Wildman–Crippen MR) is 73.6 cm³/mol. The first kappa shape index (κ1) is 15.1. The van der Waals surface area contributed by atoms with Crippen LogP contribution in [0.25, 0.3) is 0 Å². The van der Waals surface area contributed by atoms with Crippen LogP contribution in [-0.4, -0.2) is 11.5 Å². The molecule has 0 aromatic heterocycles. The van der Waals surface area contributed by atoms with Gasteiger partial charge in [0.15, 0.2) is 0 Å². The first-order valence-electron chi connectivity index (χ1n) is 6.16. The summed E-state index contributed by atoms with van der Waals surface area (Å²) in [5.41, 5.74) is 1.18. The van der Waals surface area contributed by atoms with Gasteiger partial charge in [0, 0.05) is 24.2 Å². The van der Waals surface area contributed by atoms with Crippen LogP contribution in [0, 0.1) is 33.8 Å². The molecular formula is C14H19N3O2. The maximum absolute atomic E-state index is 10.9. The molecule has 0 saturated carbocycles. The van der Waals surface area contributed by atoms with Crippen LogP contribution in [0.15, 0.2) is 18.2 Å². The van der Waals surface area contributed by atoms with Crippen molar-refractivity contribution in [2.24, 2.45) is 5.41 Å². The number of nitrogens with one attached hydrogen (secondary N) is 1. The second-order valence-corrected chi connectivity index (χ2v) is 5.40. The second-order valence-electron chi connectivity index (χ2n) is 5.40. The number of benzene rings is 1. The molecule has 0 saturated heterocycles. The average molecular weight is 261 g/mol. The zero-order chi connectivity index (χ0) is 14.6. The molecule has 0 aliphatic rings. The Balaban J connectivity index is 2.84. The Hall–Kier alpha value is -1.93. The van der Waals surface area contributed by atoms with Gasteiger partial charge in [-0.15, -0.1) is 0 Å². The van der Waals surface area contributed by atoms with Crippen LogP contribution in [0.2, 0.25) is 0 Å². The van der Waals surface area contributed by atoms with Gasteiger partial charge in [0.1, 0.15) is 0 Å². The molecular weight excluding hydrogens is 242 g/mol. The molecule has 1 aromatic rings. The number of nitro groups is 1. The summed E-state index contributed by atoms with van der Waals surface area (Å²) in [4.78, 5) is 10.5. The minimum absolute atomic E-state index is 0.0353. The van der Waals surface area contributed by atoms with Gasteiger partial charge in [0.05, 0.1) is 16.4 Å². The van der Waals surface area contributed by atoms with Crippen molar-refractivity contribution in [3.8, 4) is 6.07 Å². The summed E-state index contributed by atoms with van der Waals surface area (Å²) in [5.74, 6) is 0. The molecule has 0 fully saturated rings. The van der Waals surface area contributed by atoms with Crippen molar-refractivity contribution in [3.05, 3.63) is 39.4 Å². The first-order valence-corrected chi connectivity index (χ1v) is 6.16. The molecule has 0 heterocycles. The van der Waals surface area contributed by atoms with Crippen molar-refractivity contribution in [3.63, 3.8) is 0 Å². The van der Waals surface area contributed by atoms with Crippen LogP contribution in [0.1, 0.15) is 37.9 Å². The van der Waals surface area contributed by atoms with Gasteiger partial charge in [-0.1, -0.05) is 12.1 Å². The van der Waals surface area contributed by atoms with Crippen LogP contribution in [0.4, 0.5) is 5.69 Å². The van der Waals surface area contributed by atoms with E-state index in [1.165, 1.54) is 0 Å². The van der Waals surface area contributed by atoms with Gasteiger partial charge in [0.25, 0.3) is 5.69 Å². The highest BCUT2D eigenvalue weighted by Gasteiger charge is 2.19. The monoisotopic (exact) mass is 261 g/mol. The molecule has 0 spiro atoms. The van der Waals surface area contributed by atoms with Gasteiger partial charge >= 0.3 is 0 Å². The van der Waals surface area contributed by atoms with Gasteiger partial charge in [-0.2, -0.15) is 5.26 Å². The fraction of sp³-hybridized carbons (Fsp3) is 0.500. The Morgan fingerprint density at radius 3 is 2.68 bits per heavy atom. The summed E-state index contributed by atoms with van der Waals surface area (Å²) in [6.07, 6.45) is 0. The third-order valence-corrected chi connectivity index (χ3v) is 3.08. The lowest BCUT2D eigenvalue weighted by molar-refractivity contribution is -0.385. The van der Waals surface area contributed by atoms with Crippen molar-refractivity contribution < 1.29 is 4.92 Å². The molecule has 1 aromatic carbocycles. The number of rotatable bonds is 5. The molecule has 0 aliphatic carbocycles. The van der Waals surface area contributed by atoms with E-state index in [1.807, 2.05) is 26.8 Å². The molecule has 5 heteroatoms. The van der Waals surface area contributed by atoms with Crippen LogP contribution < -0.4 is 5.32 Å². The highest BCUT2D eigenvalue weighted by atomic mass is 16.6. The number of nitro benzene ring substituents is 1. The van der Waals surface area contributed by atoms with Crippen LogP contribution in [-0.2, 0) is 0 Å². The second kappa shape index (κ2) is 5.81. The van der Waals surface area contributed by atoms with E-state index >= 15 is 0 Å². The number of hydrogen-bond acceptors (Lipinski definition) is 4. The normalized spacial score (nSPS) is 12.8. The molecule has 19 heavy (non-hydrogen) atoms. The Kier molecular flexibility index (Phi) is 4.62. The van der Waals surface area contributed by atoms with Crippen LogP contribution in [0.3, 0.4) is 0 Å². The molecule has 5 nitrogen and oxygen atoms in total. The highest BCUT2D eigenvalue weighted by Crippen LogP contribution is 2.23. The molecule has 0 radical (unpaired) electrons. The lowest BCUT2D eigenvalue weighted by Crippen LogP contribution is -2.30. The summed E-state index contributed by atoms with van der Waals surface area (Å²) in [5, 5.41) is 23.1. The zero-order valence-electron chi connectivity index (χ0n) is 11.7. The van der Waals surface area contributed by atoms with Crippen molar-refractivity contribution >= 4 is 5.69 Å². The molecule has 1 N–H and O–H groups in total. The van der Waals surface area contributed by atoms with E-state index in [2.05, 4.69) is 11.4 Å². The largest absolute Gasteiger partial charge is 0.309 e. The fourth-order valence-electron chi connectivity index (χ4n) is 1.66. The van der Waals surface area contributed by atoms with Crippen LogP contribution >= 0.6 is 0 Å². The third-order valence-electron chi connectivity index (χ3n) is 3.08. The smallest absolute Gasteiger partial charge is 0.272 e. The first-order chi connectivity index (χ1) is 8.76. The topological polar surface area (TPSA) is 79.0 Å². The fourth-order valence-corrected chi connectivity index (χ4v) is 1.66. The summed E-state index contributed by atoms with van der Waals surface area (Å²) < 4.78 is 0. The van der Waals surface area contributed by atoms with Crippen LogP contribution in [0.5, 0.6) is 0 Å². The Labute approximate surface area is 113 Å². The minimum atomic E-state index is -0.453. The maximum Gasteiger partial charge on any atom is 0.272 e. The van der Waals surface area contributed by atoms with Crippen molar-refractivity contribution in [1.82, 2.24) is 5.32 Å². The maximum atomic E-state index is 10.9. The summed E-state index contributed by atoms with van der Waals surface area (Å²) in [6, 6.07) is 7.40. The molecule has 1 atom stereocenters. The third kappa shape index (κ3) is 4.04. The minimum Gasteiger partial charge on any atom is -0.309 e. The standard InChI is InChI=1S/C14H19N3O2/c1-10-5-6-12(7-13(10)17(18)19)11(2)16-9-14(3,4)8-15/h5-7,11,16H,9H2,1-4H3. The summed E-state index contributed by atoms with van der Waals surface area (Å²) in [6.45, 7) is 7.89. The van der Waals surface area contributed by atoms with E-state index in [4.69, 9.17) is 5.26 Å². The van der Waals surface area contributed by atoms with Crippen molar-refractivity contribution in [2.45, 2.75) is 33.7 Å². The van der Waals surface area contributed by atoms with E-state index in [-0.39, 0.29) is 16.7 Å².